The standard InChI is InChI=1S/C23H25BrN4O2S2/c24-21-11-12-22(31-21)32(29,30)27-19(13-17-7-3-1-4-8-17)16-28-20(15-26-23(28)25)14-18-9-5-2-6-10-18/h1-12,19-20,27H,13-16H2,(H2,25,26)/t19-,20-/m0/s1. The molecule has 1 aromatic heterocycles. The van der Waals surface area contributed by atoms with Gasteiger partial charge in [-0.15, -0.1) is 11.3 Å². The van der Waals surface area contributed by atoms with Crippen LogP contribution in [0.5, 0.6) is 0 Å². The normalized spacial score (nSPS) is 17.3. The first-order valence-electron chi connectivity index (χ1n) is 10.3. The molecule has 3 aromatic rings. The van der Waals surface area contributed by atoms with Crippen LogP contribution in [0.25, 0.3) is 0 Å². The third kappa shape index (κ3) is 5.78. The quantitative estimate of drug-likeness (QED) is 0.440. The Hall–Kier alpha value is -2.20. The number of sulfonamides is 1. The van der Waals surface area contributed by atoms with Crippen molar-refractivity contribution in [2.24, 2.45) is 10.7 Å². The Balaban J connectivity index is 1.55. The number of hydrogen-bond donors (Lipinski definition) is 2. The fraction of sp³-hybridized carbons (Fsp3) is 0.261. The number of nitrogens with two attached hydrogens (primary N) is 1. The summed E-state index contributed by atoms with van der Waals surface area (Å²) >= 11 is 4.54. The van der Waals surface area contributed by atoms with E-state index in [0.717, 1.165) is 15.8 Å². The molecule has 0 radical (unpaired) electrons. The third-order valence-electron chi connectivity index (χ3n) is 5.39. The van der Waals surface area contributed by atoms with E-state index in [9.17, 15) is 8.42 Å². The van der Waals surface area contributed by atoms with Crippen LogP contribution in [0.3, 0.4) is 0 Å². The monoisotopic (exact) mass is 532 g/mol. The van der Waals surface area contributed by atoms with Crippen LogP contribution in [0.1, 0.15) is 11.1 Å². The van der Waals surface area contributed by atoms with Gasteiger partial charge in [-0.3, -0.25) is 4.99 Å². The van der Waals surface area contributed by atoms with Crippen LogP contribution >= 0.6 is 27.3 Å². The lowest BCUT2D eigenvalue weighted by Crippen LogP contribution is -2.51. The van der Waals surface area contributed by atoms with Gasteiger partial charge in [0.05, 0.1) is 16.4 Å². The molecule has 0 saturated carbocycles. The van der Waals surface area contributed by atoms with Crippen molar-refractivity contribution >= 4 is 43.2 Å². The molecule has 2 atom stereocenters. The zero-order valence-corrected chi connectivity index (χ0v) is 20.6. The van der Waals surface area contributed by atoms with Gasteiger partial charge < -0.3 is 10.6 Å². The summed E-state index contributed by atoms with van der Waals surface area (Å²) in [5.41, 5.74) is 8.50. The maximum absolute atomic E-state index is 13.1. The average molecular weight is 534 g/mol. The van der Waals surface area contributed by atoms with Gasteiger partial charge in [-0.2, -0.15) is 0 Å². The zero-order valence-electron chi connectivity index (χ0n) is 17.4. The van der Waals surface area contributed by atoms with Crippen LogP contribution in [0, 0.1) is 0 Å². The van der Waals surface area contributed by atoms with Gasteiger partial charge in [0.2, 0.25) is 10.0 Å². The van der Waals surface area contributed by atoms with E-state index in [1.807, 2.05) is 53.4 Å². The van der Waals surface area contributed by atoms with Crippen molar-refractivity contribution < 1.29 is 8.42 Å². The second-order valence-electron chi connectivity index (χ2n) is 7.76. The van der Waals surface area contributed by atoms with Gasteiger partial charge in [0, 0.05) is 12.6 Å². The maximum atomic E-state index is 13.1. The highest BCUT2D eigenvalue weighted by Crippen LogP contribution is 2.26. The number of halogens is 1. The second-order valence-corrected chi connectivity index (χ2v) is 12.2. The van der Waals surface area contributed by atoms with Crippen molar-refractivity contribution in [2.75, 3.05) is 13.1 Å². The summed E-state index contributed by atoms with van der Waals surface area (Å²) in [6.45, 7) is 1.04. The molecule has 9 heteroatoms. The van der Waals surface area contributed by atoms with E-state index in [2.05, 4.69) is 37.8 Å². The molecule has 4 rings (SSSR count). The molecular formula is C23H25BrN4O2S2. The third-order valence-corrected chi connectivity index (χ3v) is 9.03. The van der Waals surface area contributed by atoms with E-state index in [-0.39, 0.29) is 16.3 Å². The fourth-order valence-corrected chi connectivity index (χ4v) is 7.13. The van der Waals surface area contributed by atoms with Crippen LogP contribution < -0.4 is 10.5 Å². The fourth-order valence-electron chi connectivity index (χ4n) is 3.88. The van der Waals surface area contributed by atoms with E-state index in [1.54, 1.807) is 12.1 Å². The molecule has 0 spiro atoms. The first-order valence-corrected chi connectivity index (χ1v) is 13.4. The van der Waals surface area contributed by atoms with Crippen LogP contribution in [0.15, 0.2) is 85.8 Å². The van der Waals surface area contributed by atoms with Crippen LogP contribution in [0.2, 0.25) is 0 Å². The Morgan fingerprint density at radius 3 is 2.34 bits per heavy atom. The van der Waals surface area contributed by atoms with E-state index < -0.39 is 10.0 Å². The van der Waals surface area contributed by atoms with Gasteiger partial charge in [-0.25, -0.2) is 13.1 Å². The highest BCUT2D eigenvalue weighted by molar-refractivity contribution is 9.11. The van der Waals surface area contributed by atoms with Gasteiger partial charge in [-0.1, -0.05) is 60.7 Å². The van der Waals surface area contributed by atoms with Crippen LogP contribution in [-0.2, 0) is 22.9 Å². The lowest BCUT2D eigenvalue weighted by molar-refractivity contribution is 0.307. The topological polar surface area (TPSA) is 87.8 Å². The van der Waals surface area contributed by atoms with Gasteiger partial charge in [0.15, 0.2) is 5.96 Å². The molecular weight excluding hydrogens is 508 g/mol. The van der Waals surface area contributed by atoms with Crippen LogP contribution in [0.4, 0.5) is 0 Å². The molecule has 0 amide bonds. The number of hydrogen-bond acceptors (Lipinski definition) is 6. The van der Waals surface area contributed by atoms with E-state index >= 15 is 0 Å². The summed E-state index contributed by atoms with van der Waals surface area (Å²) in [6, 6.07) is 23.2. The van der Waals surface area contributed by atoms with Crippen molar-refractivity contribution in [3.05, 3.63) is 87.7 Å². The van der Waals surface area contributed by atoms with Gasteiger partial charge in [-0.05, 0) is 52.0 Å². The minimum atomic E-state index is -3.66. The molecule has 2 aromatic carbocycles. The minimum absolute atomic E-state index is 0.0936. The van der Waals surface area contributed by atoms with Gasteiger partial charge in [0.25, 0.3) is 0 Å². The molecule has 2 heterocycles. The number of nitrogens with zero attached hydrogens (tertiary/aromatic N) is 2. The number of nitrogens with one attached hydrogen (secondary N) is 1. The lowest BCUT2D eigenvalue weighted by atomic mass is 10.0. The predicted molar refractivity (Wildman–Crippen MR) is 133 cm³/mol. The van der Waals surface area contributed by atoms with Crippen LogP contribution in [-0.4, -0.2) is 44.5 Å². The van der Waals surface area contributed by atoms with Crippen molar-refractivity contribution in [1.82, 2.24) is 9.62 Å². The lowest BCUT2D eigenvalue weighted by Gasteiger charge is -2.31. The molecule has 1 aliphatic heterocycles. The second kappa shape index (κ2) is 10.2. The van der Waals surface area contributed by atoms with Gasteiger partial charge >= 0.3 is 0 Å². The van der Waals surface area contributed by atoms with Crippen molar-refractivity contribution in [2.45, 2.75) is 29.1 Å². The molecule has 3 N–H and O–H groups in total. The largest absolute Gasteiger partial charge is 0.370 e. The highest BCUT2D eigenvalue weighted by Gasteiger charge is 2.31. The Morgan fingerprint density at radius 1 is 1.06 bits per heavy atom. The smallest absolute Gasteiger partial charge is 0.250 e. The molecule has 0 saturated heterocycles. The number of thiophene rings is 1. The summed E-state index contributed by atoms with van der Waals surface area (Å²) in [5, 5.41) is 0. The summed E-state index contributed by atoms with van der Waals surface area (Å²) < 4.78 is 30.1. The number of benzene rings is 2. The molecule has 0 bridgehead atoms. The molecule has 6 nitrogen and oxygen atoms in total. The van der Waals surface area contributed by atoms with E-state index in [0.29, 0.717) is 25.5 Å². The molecule has 0 aliphatic carbocycles. The summed E-state index contributed by atoms with van der Waals surface area (Å²) in [7, 11) is -3.66. The zero-order chi connectivity index (χ0) is 22.6. The Bertz CT molecular complexity index is 1170. The summed E-state index contributed by atoms with van der Waals surface area (Å²) in [6.07, 6.45) is 1.35. The first kappa shape index (κ1) is 23.0. The SMILES string of the molecule is NC1=NC[C@H](Cc2ccccc2)N1C[C@H](Cc1ccccc1)NS(=O)(=O)c1ccc(Br)s1. The average Bonchev–Trinajstić information content (AvgIpc) is 3.36. The van der Waals surface area contributed by atoms with Crippen molar-refractivity contribution in [3.8, 4) is 0 Å². The Morgan fingerprint density at radius 2 is 1.72 bits per heavy atom. The molecule has 32 heavy (non-hydrogen) atoms. The highest BCUT2D eigenvalue weighted by atomic mass is 79.9. The number of aliphatic imine (C=N–C) groups is 1. The summed E-state index contributed by atoms with van der Waals surface area (Å²) in [5.74, 6) is 0.460. The predicted octanol–water partition coefficient (Wildman–Crippen LogP) is 3.64. The number of rotatable bonds is 9. The molecule has 168 valence electrons. The van der Waals surface area contributed by atoms with Gasteiger partial charge in [0.1, 0.15) is 4.21 Å². The number of guanidine groups is 1. The first-order chi connectivity index (χ1) is 15.4. The molecule has 0 fully saturated rings. The van der Waals surface area contributed by atoms with Crippen molar-refractivity contribution in [3.63, 3.8) is 0 Å². The molecule has 1 aliphatic rings. The maximum Gasteiger partial charge on any atom is 0.250 e. The van der Waals surface area contributed by atoms with E-state index in [4.69, 9.17) is 5.73 Å². The summed E-state index contributed by atoms with van der Waals surface area (Å²) in [4.78, 5) is 6.49. The molecule has 0 unspecified atom stereocenters. The Kier molecular flexibility index (Phi) is 7.30. The van der Waals surface area contributed by atoms with E-state index in [1.165, 1.54) is 16.9 Å². The van der Waals surface area contributed by atoms with Crippen molar-refractivity contribution in [1.29, 1.82) is 0 Å². The Labute approximate surface area is 201 Å². The minimum Gasteiger partial charge on any atom is -0.370 e.